The second-order valence-electron chi connectivity index (χ2n) is 10.7. The molecule has 0 bridgehead atoms. The molecule has 0 saturated carbocycles. The molecule has 1 heterocycles. The Balaban J connectivity index is 3.46. The summed E-state index contributed by atoms with van der Waals surface area (Å²) in [4.78, 5) is 13.1. The fraction of sp³-hybridized carbons (Fsp3) is 0.957. The molecule has 2 unspecified atom stereocenters. The Morgan fingerprint density at radius 3 is 2.13 bits per heavy atom. The van der Waals surface area contributed by atoms with Crippen LogP contribution in [0, 0.1) is 0 Å². The Morgan fingerprint density at radius 1 is 1.23 bits per heavy atom. The van der Waals surface area contributed by atoms with Crippen molar-refractivity contribution in [3.05, 3.63) is 0 Å². The molecule has 1 aliphatic rings. The molecule has 178 valence electrons. The molecule has 0 radical (unpaired) electrons. The van der Waals surface area contributed by atoms with Crippen LogP contribution in [0.1, 0.15) is 90.3 Å². The van der Waals surface area contributed by atoms with E-state index in [1.54, 1.807) is 0 Å². The molecule has 0 spiro atoms. The number of hydrogen-bond acceptors (Lipinski definition) is 5. The van der Waals surface area contributed by atoms with E-state index in [-0.39, 0.29) is 41.8 Å². The number of nitrogens with zero attached hydrogens (tertiary/aromatic N) is 1. The SMILES string of the molecule is [2H]C[C@]1(CC)O[C@@H](C)[C@@H](O[Si](C)(C)C(C)(C)C)C1OP(C(=O)CC)N(C(C)C)C(C)C. The highest BCUT2D eigenvalue weighted by Crippen LogP contribution is 2.53. The van der Waals surface area contributed by atoms with Crippen LogP contribution in [-0.2, 0) is 18.5 Å². The van der Waals surface area contributed by atoms with Crippen LogP contribution >= 0.6 is 8.30 Å². The van der Waals surface area contributed by atoms with Crippen LogP contribution in [0.5, 0.6) is 0 Å². The summed E-state index contributed by atoms with van der Waals surface area (Å²) in [5.74, 6) is 0. The van der Waals surface area contributed by atoms with Crippen molar-refractivity contribution in [3.63, 3.8) is 0 Å². The minimum absolute atomic E-state index is 0.0432. The van der Waals surface area contributed by atoms with Crippen molar-refractivity contribution >= 4 is 22.1 Å². The first-order chi connectivity index (χ1) is 14.1. The van der Waals surface area contributed by atoms with Gasteiger partial charge in [0.1, 0.15) is 12.2 Å². The molecule has 0 N–H and O–H groups in total. The quantitative estimate of drug-likeness (QED) is 0.266. The molecule has 5 atom stereocenters. The lowest BCUT2D eigenvalue weighted by Gasteiger charge is -2.43. The van der Waals surface area contributed by atoms with E-state index in [9.17, 15) is 4.79 Å². The minimum Gasteiger partial charge on any atom is -0.409 e. The second kappa shape index (κ2) is 10.4. The van der Waals surface area contributed by atoms with Crippen molar-refractivity contribution in [1.82, 2.24) is 4.67 Å². The van der Waals surface area contributed by atoms with Crippen LogP contribution in [0.25, 0.3) is 0 Å². The lowest BCUT2D eigenvalue weighted by atomic mass is 9.94. The molecule has 30 heavy (non-hydrogen) atoms. The maximum absolute atomic E-state index is 13.1. The molecule has 1 fully saturated rings. The molecule has 1 rings (SSSR count). The summed E-state index contributed by atoms with van der Waals surface area (Å²) in [7, 11) is -3.61. The Bertz CT molecular complexity index is 585. The highest BCUT2D eigenvalue weighted by Gasteiger charge is 2.55. The van der Waals surface area contributed by atoms with Crippen LogP contribution in [-0.4, -0.2) is 54.5 Å². The summed E-state index contributed by atoms with van der Waals surface area (Å²) in [5, 5.41) is 0.0432. The van der Waals surface area contributed by atoms with E-state index >= 15 is 0 Å². The van der Waals surface area contributed by atoms with E-state index in [2.05, 4.69) is 66.2 Å². The second-order valence-corrected chi connectivity index (χ2v) is 17.2. The Kier molecular flexibility index (Phi) is 9.15. The Hall–Kier alpha value is 0.157. The number of ether oxygens (including phenoxy) is 1. The zero-order valence-corrected chi connectivity index (χ0v) is 23.4. The van der Waals surface area contributed by atoms with Crippen LogP contribution in [0.4, 0.5) is 0 Å². The van der Waals surface area contributed by atoms with Crippen LogP contribution in [0.3, 0.4) is 0 Å². The van der Waals surface area contributed by atoms with Gasteiger partial charge in [0.25, 0.3) is 0 Å². The molecule has 5 nitrogen and oxygen atoms in total. The van der Waals surface area contributed by atoms with Crippen molar-refractivity contribution < 1.29 is 19.9 Å². The summed E-state index contributed by atoms with van der Waals surface area (Å²) in [6.07, 6.45) is 0.154. The minimum atomic E-state index is -2.11. The summed E-state index contributed by atoms with van der Waals surface area (Å²) < 4.78 is 30.6. The third kappa shape index (κ3) is 6.14. The van der Waals surface area contributed by atoms with Crippen LogP contribution < -0.4 is 0 Å². The van der Waals surface area contributed by atoms with Crippen molar-refractivity contribution in [3.8, 4) is 0 Å². The smallest absolute Gasteiger partial charge is 0.197 e. The molecular formula is C23H48NO4PSi. The first kappa shape index (κ1) is 26.4. The molecule has 1 aliphatic heterocycles. The fourth-order valence-corrected chi connectivity index (χ4v) is 7.14. The molecule has 0 aliphatic carbocycles. The molecule has 1 saturated heterocycles. The fourth-order valence-electron chi connectivity index (χ4n) is 3.67. The van der Waals surface area contributed by atoms with Gasteiger partial charge in [-0.05, 0) is 66.1 Å². The number of hydrogen-bond donors (Lipinski definition) is 0. The Morgan fingerprint density at radius 2 is 1.77 bits per heavy atom. The standard InChI is InChI=1S/C23H48NO4PSi/c1-14-19(25)29(24(16(3)4)17(5)6)27-21-20(18(7)26-23(21,11)15-2)28-30(12,13)22(8,9)10/h16-18,20-21H,14-15H2,1-13H3/t18-,20+,21?,23+,29?/m0/s1/i11D. The van der Waals surface area contributed by atoms with E-state index in [0.717, 1.165) is 0 Å². The number of rotatable bonds is 10. The van der Waals surface area contributed by atoms with Gasteiger partial charge in [-0.1, -0.05) is 34.6 Å². The monoisotopic (exact) mass is 462 g/mol. The highest BCUT2D eigenvalue weighted by molar-refractivity contribution is 7.68. The van der Waals surface area contributed by atoms with E-state index in [1.165, 1.54) is 0 Å². The molecule has 0 aromatic rings. The maximum Gasteiger partial charge on any atom is 0.197 e. The first-order valence-corrected chi connectivity index (χ1v) is 15.6. The van der Waals surface area contributed by atoms with Gasteiger partial charge in [0, 0.05) is 19.9 Å². The summed E-state index contributed by atoms with van der Waals surface area (Å²) >= 11 is 0. The third-order valence-electron chi connectivity index (χ3n) is 6.53. The van der Waals surface area contributed by atoms with E-state index in [0.29, 0.717) is 12.8 Å². The predicted molar refractivity (Wildman–Crippen MR) is 131 cm³/mol. The van der Waals surface area contributed by atoms with Crippen LogP contribution in [0.2, 0.25) is 18.1 Å². The highest BCUT2D eigenvalue weighted by atomic mass is 31.2. The summed E-state index contributed by atoms with van der Waals surface area (Å²) in [6, 6.07) is 0.348. The zero-order valence-electron chi connectivity index (χ0n) is 22.5. The van der Waals surface area contributed by atoms with Gasteiger partial charge in [-0.25, -0.2) is 4.67 Å². The third-order valence-corrected chi connectivity index (χ3v) is 13.5. The molecule has 0 amide bonds. The largest absolute Gasteiger partial charge is 0.409 e. The molecule has 7 heteroatoms. The molecular weight excluding hydrogens is 413 g/mol. The van der Waals surface area contributed by atoms with Gasteiger partial charge < -0.3 is 13.7 Å². The molecule has 0 aromatic heterocycles. The van der Waals surface area contributed by atoms with Gasteiger partial charge in [0.2, 0.25) is 0 Å². The topological polar surface area (TPSA) is 48.0 Å². The van der Waals surface area contributed by atoms with Gasteiger partial charge in [-0.2, -0.15) is 0 Å². The van der Waals surface area contributed by atoms with Crippen molar-refractivity contribution in [1.29, 1.82) is 0 Å². The molecule has 0 aromatic carbocycles. The predicted octanol–water partition coefficient (Wildman–Crippen LogP) is 6.72. The van der Waals surface area contributed by atoms with Gasteiger partial charge in [0.15, 0.2) is 22.1 Å². The Labute approximate surface area is 190 Å². The van der Waals surface area contributed by atoms with Gasteiger partial charge in [-0.3, -0.25) is 4.79 Å². The normalized spacial score (nSPS) is 29.7. The van der Waals surface area contributed by atoms with E-state index in [4.69, 9.17) is 15.1 Å². The summed E-state index contributed by atoms with van der Waals surface area (Å²) in [6.45, 7) is 25.6. The average molecular weight is 463 g/mol. The lowest BCUT2D eigenvalue weighted by Crippen LogP contribution is -2.51. The van der Waals surface area contributed by atoms with E-state index < -0.39 is 28.3 Å². The number of carbonyl (C=O) groups excluding carboxylic acids is 1. The number of carbonyl (C=O) groups is 1. The average Bonchev–Trinajstić information content (AvgIpc) is 2.90. The van der Waals surface area contributed by atoms with Crippen LogP contribution in [0.15, 0.2) is 0 Å². The van der Waals surface area contributed by atoms with Gasteiger partial charge >= 0.3 is 0 Å². The van der Waals surface area contributed by atoms with E-state index in [1.807, 2.05) is 20.8 Å². The summed E-state index contributed by atoms with van der Waals surface area (Å²) in [5.41, 5.74) is -0.640. The van der Waals surface area contributed by atoms with Gasteiger partial charge in [0.05, 0.1) is 11.7 Å². The lowest BCUT2D eigenvalue weighted by molar-refractivity contribution is -0.113. The van der Waals surface area contributed by atoms with Crippen molar-refractivity contribution in [2.75, 3.05) is 0 Å². The zero-order chi connectivity index (χ0) is 24.4. The van der Waals surface area contributed by atoms with Gasteiger partial charge in [-0.15, -0.1) is 0 Å². The van der Waals surface area contributed by atoms with Crippen molar-refractivity contribution in [2.45, 2.75) is 143 Å². The maximum atomic E-state index is 13.1. The van der Waals surface area contributed by atoms with Crippen molar-refractivity contribution in [2.24, 2.45) is 0 Å². The first-order valence-electron chi connectivity index (χ1n) is 12.2.